The first-order valence-electron chi connectivity index (χ1n) is 13.5. The molecule has 0 radical (unpaired) electrons. The molecular formula is C29H54ClN. The number of rotatable bonds is 21. The number of hydrogen-bond donors (Lipinski definition) is 0. The molecule has 0 unspecified atom stereocenters. The van der Waals surface area contributed by atoms with Crippen LogP contribution in [0.15, 0.2) is 30.3 Å². The minimum Gasteiger partial charge on any atom is -1.00 e. The van der Waals surface area contributed by atoms with Crippen LogP contribution in [0.1, 0.15) is 128 Å². The van der Waals surface area contributed by atoms with Crippen LogP contribution >= 0.6 is 0 Å². The number of halogens is 1. The van der Waals surface area contributed by atoms with Crippen molar-refractivity contribution < 1.29 is 16.9 Å². The minimum atomic E-state index is 0. The molecule has 0 saturated heterocycles. The Morgan fingerprint density at radius 3 is 1.26 bits per heavy atom. The lowest BCUT2D eigenvalue weighted by Crippen LogP contribution is -3.00. The Hall–Kier alpha value is -0.530. The lowest BCUT2D eigenvalue weighted by molar-refractivity contribution is -0.903. The average molecular weight is 452 g/mol. The average Bonchev–Trinajstić information content (AvgIpc) is 2.73. The molecule has 0 aromatic heterocycles. The topological polar surface area (TPSA) is 0 Å². The highest BCUT2D eigenvalue weighted by Crippen LogP contribution is 2.15. The zero-order valence-electron chi connectivity index (χ0n) is 21.4. The van der Waals surface area contributed by atoms with Gasteiger partial charge in [0.15, 0.2) is 0 Å². The van der Waals surface area contributed by atoms with Crippen LogP contribution in [0, 0.1) is 0 Å². The van der Waals surface area contributed by atoms with E-state index in [0.717, 1.165) is 11.0 Å². The molecular weight excluding hydrogens is 398 g/mol. The molecule has 1 nitrogen and oxygen atoms in total. The van der Waals surface area contributed by atoms with Gasteiger partial charge < -0.3 is 16.9 Å². The summed E-state index contributed by atoms with van der Waals surface area (Å²) in [4.78, 5) is 0. The van der Waals surface area contributed by atoms with Crippen LogP contribution in [0.3, 0.4) is 0 Å². The van der Waals surface area contributed by atoms with E-state index >= 15 is 0 Å². The van der Waals surface area contributed by atoms with Crippen LogP contribution in [0.25, 0.3) is 0 Å². The first-order chi connectivity index (χ1) is 14.6. The summed E-state index contributed by atoms with van der Waals surface area (Å²) < 4.78 is 1.11. The summed E-state index contributed by atoms with van der Waals surface area (Å²) in [5.74, 6) is 0. The van der Waals surface area contributed by atoms with Gasteiger partial charge in [-0.1, -0.05) is 140 Å². The monoisotopic (exact) mass is 451 g/mol. The largest absolute Gasteiger partial charge is 1.00 e. The fourth-order valence-corrected chi connectivity index (χ4v) is 4.60. The number of benzene rings is 1. The minimum absolute atomic E-state index is 0. The maximum absolute atomic E-state index is 2.38. The molecule has 1 aromatic carbocycles. The Labute approximate surface area is 202 Å². The normalized spacial score (nSPS) is 11.5. The molecule has 0 spiro atoms. The summed E-state index contributed by atoms with van der Waals surface area (Å²) >= 11 is 0. The Kier molecular flexibility index (Phi) is 21.0. The van der Waals surface area contributed by atoms with Gasteiger partial charge in [-0.05, 0) is 12.8 Å². The third-order valence-electron chi connectivity index (χ3n) is 6.57. The van der Waals surface area contributed by atoms with E-state index in [-0.39, 0.29) is 12.4 Å². The first kappa shape index (κ1) is 30.5. The van der Waals surface area contributed by atoms with Crippen LogP contribution < -0.4 is 12.4 Å². The second kappa shape index (κ2) is 21.3. The van der Waals surface area contributed by atoms with Crippen LogP contribution in [0.2, 0.25) is 0 Å². The second-order valence-electron chi connectivity index (χ2n) is 10.3. The van der Waals surface area contributed by atoms with Gasteiger partial charge >= 0.3 is 0 Å². The number of unbranched alkanes of at least 4 members (excludes halogenated alkanes) is 17. The zero-order valence-corrected chi connectivity index (χ0v) is 22.1. The maximum atomic E-state index is 2.38. The molecule has 1 rings (SSSR count). The third kappa shape index (κ3) is 19.9. The van der Waals surface area contributed by atoms with E-state index in [0.29, 0.717) is 0 Å². The number of hydrogen-bond acceptors (Lipinski definition) is 0. The van der Waals surface area contributed by atoms with Gasteiger partial charge in [-0.15, -0.1) is 0 Å². The summed E-state index contributed by atoms with van der Waals surface area (Å²) in [7, 11) is 4.75. The predicted octanol–water partition coefficient (Wildman–Crippen LogP) is 6.31. The van der Waals surface area contributed by atoms with Crippen molar-refractivity contribution in [1.29, 1.82) is 0 Å². The second-order valence-corrected chi connectivity index (χ2v) is 10.3. The van der Waals surface area contributed by atoms with E-state index in [9.17, 15) is 0 Å². The Morgan fingerprint density at radius 2 is 0.871 bits per heavy atom. The molecule has 182 valence electrons. The number of nitrogens with zero attached hydrogens (tertiary/aromatic N) is 1. The molecule has 0 saturated carbocycles. The van der Waals surface area contributed by atoms with Gasteiger partial charge in [0.2, 0.25) is 0 Å². The molecule has 31 heavy (non-hydrogen) atoms. The van der Waals surface area contributed by atoms with Crippen molar-refractivity contribution in [2.45, 2.75) is 129 Å². The van der Waals surface area contributed by atoms with Gasteiger partial charge in [0.05, 0.1) is 20.6 Å². The van der Waals surface area contributed by atoms with Crippen molar-refractivity contribution in [1.82, 2.24) is 0 Å². The van der Waals surface area contributed by atoms with E-state index < -0.39 is 0 Å². The Morgan fingerprint density at radius 1 is 0.516 bits per heavy atom. The SMILES string of the molecule is CCCCCCCCCCCCCCCCCCCC[N+](C)(C)Cc1ccccc1.[Cl-]. The van der Waals surface area contributed by atoms with Crippen molar-refractivity contribution in [3.63, 3.8) is 0 Å². The zero-order chi connectivity index (χ0) is 21.8. The summed E-state index contributed by atoms with van der Waals surface area (Å²) in [6.07, 6.45) is 26.1. The molecule has 0 fully saturated rings. The molecule has 0 amide bonds. The molecule has 0 heterocycles. The highest BCUT2D eigenvalue weighted by molar-refractivity contribution is 5.13. The lowest BCUT2D eigenvalue weighted by atomic mass is 10.0. The van der Waals surface area contributed by atoms with E-state index in [2.05, 4.69) is 51.4 Å². The van der Waals surface area contributed by atoms with E-state index in [1.165, 1.54) is 128 Å². The van der Waals surface area contributed by atoms with Crippen LogP contribution in [0.4, 0.5) is 0 Å². The summed E-state index contributed by atoms with van der Waals surface area (Å²) in [5, 5.41) is 0. The van der Waals surface area contributed by atoms with E-state index in [1.54, 1.807) is 0 Å². The Bertz CT molecular complexity index is 471. The quantitative estimate of drug-likeness (QED) is 0.152. The van der Waals surface area contributed by atoms with Gasteiger partial charge in [-0.2, -0.15) is 0 Å². The van der Waals surface area contributed by atoms with Crippen LogP contribution in [-0.4, -0.2) is 25.1 Å². The highest BCUT2D eigenvalue weighted by Gasteiger charge is 2.14. The first-order valence-corrected chi connectivity index (χ1v) is 13.5. The van der Waals surface area contributed by atoms with Gasteiger partial charge in [0.25, 0.3) is 0 Å². The lowest BCUT2D eigenvalue weighted by Gasteiger charge is -2.30. The highest BCUT2D eigenvalue weighted by atomic mass is 35.5. The van der Waals surface area contributed by atoms with Crippen molar-refractivity contribution in [3.05, 3.63) is 35.9 Å². The summed E-state index contributed by atoms with van der Waals surface area (Å²) in [6, 6.07) is 10.9. The predicted molar refractivity (Wildman–Crippen MR) is 136 cm³/mol. The van der Waals surface area contributed by atoms with Crippen molar-refractivity contribution in [2.75, 3.05) is 20.6 Å². The van der Waals surface area contributed by atoms with Crippen LogP contribution in [0.5, 0.6) is 0 Å². The molecule has 1 aromatic rings. The van der Waals surface area contributed by atoms with Gasteiger partial charge in [-0.25, -0.2) is 0 Å². The molecule has 0 atom stereocenters. The van der Waals surface area contributed by atoms with Gasteiger partial charge in [0.1, 0.15) is 6.54 Å². The maximum Gasteiger partial charge on any atom is 0.104 e. The molecule has 2 heteroatoms. The van der Waals surface area contributed by atoms with E-state index in [1.807, 2.05) is 0 Å². The van der Waals surface area contributed by atoms with Crippen molar-refractivity contribution >= 4 is 0 Å². The third-order valence-corrected chi connectivity index (χ3v) is 6.57. The summed E-state index contributed by atoms with van der Waals surface area (Å²) in [5.41, 5.74) is 1.46. The van der Waals surface area contributed by atoms with Gasteiger partial charge in [-0.3, -0.25) is 0 Å². The molecule has 0 bridgehead atoms. The van der Waals surface area contributed by atoms with E-state index in [4.69, 9.17) is 0 Å². The van der Waals surface area contributed by atoms with Crippen molar-refractivity contribution in [3.8, 4) is 0 Å². The molecule has 0 N–H and O–H groups in total. The fraction of sp³-hybridized carbons (Fsp3) is 0.793. The molecule has 0 aliphatic rings. The molecule has 0 aliphatic carbocycles. The smallest absolute Gasteiger partial charge is 0.104 e. The number of quaternary nitrogens is 1. The summed E-state index contributed by atoms with van der Waals surface area (Å²) in [6.45, 7) is 4.75. The molecule has 0 aliphatic heterocycles. The van der Waals surface area contributed by atoms with Crippen LogP contribution in [-0.2, 0) is 6.54 Å². The fourth-order valence-electron chi connectivity index (χ4n) is 4.60. The standard InChI is InChI=1S/C29H54N.ClH/c1-4-5-6-7-8-9-10-11-12-13-14-15-16-17-18-19-20-24-27-30(2,3)28-29-25-22-21-23-26-29;/h21-23,25-26H,4-20,24,27-28H2,1-3H3;1H/q+1;/p-1. The van der Waals surface area contributed by atoms with Crippen molar-refractivity contribution in [2.24, 2.45) is 0 Å². The van der Waals surface area contributed by atoms with Gasteiger partial charge in [0, 0.05) is 5.56 Å². The Balaban J connectivity index is 0.00000900.